The van der Waals surface area contributed by atoms with Crippen molar-refractivity contribution in [3.63, 3.8) is 0 Å². The van der Waals surface area contributed by atoms with Gasteiger partial charge in [0.2, 0.25) is 0 Å². The molecule has 4 heteroatoms. The average Bonchev–Trinajstić information content (AvgIpc) is 2.36. The SMILES string of the molecule is CCC(C)N(CCOC)Cc1ccc(Br)cn1. The molecule has 1 heterocycles. The van der Waals surface area contributed by atoms with Crippen LogP contribution in [0.4, 0.5) is 0 Å². The Balaban J connectivity index is 2.61. The molecule has 0 N–H and O–H groups in total. The van der Waals surface area contributed by atoms with Crippen LogP contribution in [-0.2, 0) is 11.3 Å². The molecular weight excluding hydrogens is 280 g/mol. The summed E-state index contributed by atoms with van der Waals surface area (Å²) >= 11 is 3.40. The number of halogens is 1. The largest absolute Gasteiger partial charge is 0.383 e. The van der Waals surface area contributed by atoms with Crippen LogP contribution in [0.5, 0.6) is 0 Å². The van der Waals surface area contributed by atoms with Gasteiger partial charge in [-0.3, -0.25) is 9.88 Å². The Morgan fingerprint density at radius 1 is 1.47 bits per heavy atom. The summed E-state index contributed by atoms with van der Waals surface area (Å²) in [4.78, 5) is 6.82. The molecule has 96 valence electrons. The second-order valence-electron chi connectivity index (χ2n) is 4.19. The predicted octanol–water partition coefficient (Wildman–Crippen LogP) is 3.09. The van der Waals surface area contributed by atoms with Crippen molar-refractivity contribution in [1.82, 2.24) is 9.88 Å². The van der Waals surface area contributed by atoms with E-state index in [9.17, 15) is 0 Å². The van der Waals surface area contributed by atoms with Gasteiger partial charge in [-0.05, 0) is 41.4 Å². The third-order valence-electron chi connectivity index (χ3n) is 2.95. The van der Waals surface area contributed by atoms with E-state index >= 15 is 0 Å². The molecular formula is C13H21BrN2O. The number of hydrogen-bond acceptors (Lipinski definition) is 3. The van der Waals surface area contributed by atoms with Crippen LogP contribution in [0, 0.1) is 0 Å². The highest BCUT2D eigenvalue weighted by molar-refractivity contribution is 9.10. The lowest BCUT2D eigenvalue weighted by Crippen LogP contribution is -2.35. The zero-order valence-corrected chi connectivity index (χ0v) is 12.4. The third-order valence-corrected chi connectivity index (χ3v) is 3.42. The molecule has 3 nitrogen and oxygen atoms in total. The lowest BCUT2D eigenvalue weighted by molar-refractivity contribution is 0.117. The smallest absolute Gasteiger partial charge is 0.0589 e. The fraction of sp³-hybridized carbons (Fsp3) is 0.615. The van der Waals surface area contributed by atoms with Crippen LogP contribution in [0.1, 0.15) is 26.0 Å². The van der Waals surface area contributed by atoms with Crippen LogP contribution < -0.4 is 0 Å². The summed E-state index contributed by atoms with van der Waals surface area (Å²) in [6, 6.07) is 4.65. The van der Waals surface area contributed by atoms with E-state index in [1.165, 1.54) is 0 Å². The topological polar surface area (TPSA) is 25.4 Å². The molecule has 0 bridgehead atoms. The highest BCUT2D eigenvalue weighted by atomic mass is 79.9. The monoisotopic (exact) mass is 300 g/mol. The summed E-state index contributed by atoms with van der Waals surface area (Å²) < 4.78 is 6.18. The lowest BCUT2D eigenvalue weighted by Gasteiger charge is -2.27. The van der Waals surface area contributed by atoms with Gasteiger partial charge in [0.15, 0.2) is 0 Å². The van der Waals surface area contributed by atoms with E-state index in [1.54, 1.807) is 7.11 Å². The van der Waals surface area contributed by atoms with Crippen molar-refractivity contribution in [3.8, 4) is 0 Å². The lowest BCUT2D eigenvalue weighted by atomic mass is 10.2. The first-order chi connectivity index (χ1) is 8.17. The Bertz CT molecular complexity index is 316. The number of hydrogen-bond donors (Lipinski definition) is 0. The minimum absolute atomic E-state index is 0.551. The maximum Gasteiger partial charge on any atom is 0.0589 e. The Morgan fingerprint density at radius 2 is 2.24 bits per heavy atom. The highest BCUT2D eigenvalue weighted by Gasteiger charge is 2.12. The van der Waals surface area contributed by atoms with Crippen LogP contribution in [0.3, 0.4) is 0 Å². The molecule has 0 amide bonds. The minimum Gasteiger partial charge on any atom is -0.383 e. The van der Waals surface area contributed by atoms with E-state index in [0.717, 1.165) is 36.3 Å². The number of nitrogens with zero attached hydrogens (tertiary/aromatic N) is 2. The quantitative estimate of drug-likeness (QED) is 0.774. The summed E-state index contributed by atoms with van der Waals surface area (Å²) in [7, 11) is 1.74. The Kier molecular flexibility index (Phi) is 6.70. The number of pyridine rings is 1. The molecule has 1 atom stereocenters. The van der Waals surface area contributed by atoms with Gasteiger partial charge in [0, 0.05) is 36.9 Å². The van der Waals surface area contributed by atoms with Crippen molar-refractivity contribution >= 4 is 15.9 Å². The first-order valence-electron chi connectivity index (χ1n) is 6.00. The number of ether oxygens (including phenoxy) is 1. The zero-order valence-electron chi connectivity index (χ0n) is 10.8. The number of rotatable bonds is 7. The molecule has 1 aromatic rings. The van der Waals surface area contributed by atoms with Crippen molar-refractivity contribution in [2.24, 2.45) is 0 Å². The molecule has 0 aliphatic heterocycles. The molecule has 0 aliphatic rings. The van der Waals surface area contributed by atoms with Crippen molar-refractivity contribution in [2.45, 2.75) is 32.9 Å². The fourth-order valence-corrected chi connectivity index (χ4v) is 1.86. The maximum atomic E-state index is 5.15. The molecule has 1 rings (SSSR count). The predicted molar refractivity (Wildman–Crippen MR) is 74.0 cm³/mol. The molecule has 0 aromatic carbocycles. The second kappa shape index (κ2) is 7.80. The molecule has 1 aromatic heterocycles. The highest BCUT2D eigenvalue weighted by Crippen LogP contribution is 2.12. The summed E-state index contributed by atoms with van der Waals surface area (Å²) in [6.45, 7) is 7.05. The maximum absolute atomic E-state index is 5.15. The van der Waals surface area contributed by atoms with E-state index < -0.39 is 0 Å². The molecule has 17 heavy (non-hydrogen) atoms. The van der Waals surface area contributed by atoms with Gasteiger partial charge in [-0.1, -0.05) is 6.92 Å². The first kappa shape index (κ1) is 14.6. The summed E-state index contributed by atoms with van der Waals surface area (Å²) in [5.74, 6) is 0. The van der Waals surface area contributed by atoms with E-state index in [-0.39, 0.29) is 0 Å². The number of methoxy groups -OCH3 is 1. The van der Waals surface area contributed by atoms with E-state index in [4.69, 9.17) is 4.74 Å². The van der Waals surface area contributed by atoms with Gasteiger partial charge in [-0.2, -0.15) is 0 Å². The van der Waals surface area contributed by atoms with Crippen molar-refractivity contribution in [1.29, 1.82) is 0 Å². The number of aromatic nitrogens is 1. The van der Waals surface area contributed by atoms with Gasteiger partial charge >= 0.3 is 0 Å². The van der Waals surface area contributed by atoms with Crippen LogP contribution in [-0.4, -0.2) is 36.2 Å². The van der Waals surface area contributed by atoms with Gasteiger partial charge in [0.1, 0.15) is 0 Å². The normalized spacial score (nSPS) is 13.0. The van der Waals surface area contributed by atoms with Crippen molar-refractivity contribution < 1.29 is 4.74 Å². The van der Waals surface area contributed by atoms with Crippen LogP contribution >= 0.6 is 15.9 Å². The first-order valence-corrected chi connectivity index (χ1v) is 6.80. The summed E-state index contributed by atoms with van der Waals surface area (Å²) in [5.41, 5.74) is 1.10. The standard InChI is InChI=1S/C13H21BrN2O/c1-4-11(2)16(7-8-17-3)10-13-6-5-12(14)9-15-13/h5-6,9,11H,4,7-8,10H2,1-3H3. The molecule has 0 saturated heterocycles. The molecule has 0 fully saturated rings. The van der Waals surface area contributed by atoms with Crippen molar-refractivity contribution in [2.75, 3.05) is 20.3 Å². The van der Waals surface area contributed by atoms with Gasteiger partial charge in [-0.15, -0.1) is 0 Å². The van der Waals surface area contributed by atoms with Gasteiger partial charge in [0.25, 0.3) is 0 Å². The molecule has 0 radical (unpaired) electrons. The Hall–Kier alpha value is -0.450. The second-order valence-corrected chi connectivity index (χ2v) is 5.10. The molecule has 0 spiro atoms. The fourth-order valence-electron chi connectivity index (χ4n) is 1.63. The third kappa shape index (κ3) is 5.15. The van der Waals surface area contributed by atoms with Crippen LogP contribution in [0.2, 0.25) is 0 Å². The van der Waals surface area contributed by atoms with Gasteiger partial charge in [0.05, 0.1) is 12.3 Å². The van der Waals surface area contributed by atoms with Crippen molar-refractivity contribution in [3.05, 3.63) is 28.5 Å². The molecule has 0 saturated carbocycles. The van der Waals surface area contributed by atoms with Crippen LogP contribution in [0.15, 0.2) is 22.8 Å². The van der Waals surface area contributed by atoms with Gasteiger partial charge in [-0.25, -0.2) is 0 Å². The minimum atomic E-state index is 0.551. The van der Waals surface area contributed by atoms with Gasteiger partial charge < -0.3 is 4.74 Å². The Morgan fingerprint density at radius 3 is 2.76 bits per heavy atom. The summed E-state index contributed by atoms with van der Waals surface area (Å²) in [5, 5.41) is 0. The van der Waals surface area contributed by atoms with E-state index in [2.05, 4.69) is 45.7 Å². The van der Waals surface area contributed by atoms with Crippen LogP contribution in [0.25, 0.3) is 0 Å². The molecule has 0 aliphatic carbocycles. The van der Waals surface area contributed by atoms with E-state index in [1.807, 2.05) is 12.3 Å². The van der Waals surface area contributed by atoms with E-state index in [0.29, 0.717) is 6.04 Å². The summed E-state index contributed by atoms with van der Waals surface area (Å²) in [6.07, 6.45) is 2.99. The Labute approximate surface area is 112 Å². The zero-order chi connectivity index (χ0) is 12.7. The average molecular weight is 301 g/mol. The molecule has 1 unspecified atom stereocenters.